The molecule has 1 N–H and O–H groups in total. The molecule has 88 valence electrons. The van der Waals surface area contributed by atoms with Crippen molar-refractivity contribution in [1.82, 2.24) is 4.90 Å². The zero-order chi connectivity index (χ0) is 11.4. The Morgan fingerprint density at radius 2 is 1.94 bits per heavy atom. The molecule has 0 radical (unpaired) electrons. The van der Waals surface area contributed by atoms with Gasteiger partial charge in [-0.1, -0.05) is 24.3 Å². The van der Waals surface area contributed by atoms with Crippen LogP contribution in [-0.4, -0.2) is 26.8 Å². The maximum Gasteiger partial charge on any atom is 0.301 e. The largest absolute Gasteiger partial charge is 0.301 e. The number of benzene rings is 1. The van der Waals surface area contributed by atoms with Crippen molar-refractivity contribution >= 4 is 11.4 Å². The Morgan fingerprint density at radius 1 is 1.31 bits per heavy atom. The molecule has 0 aliphatic carbocycles. The van der Waals surface area contributed by atoms with E-state index in [1.807, 2.05) is 0 Å². The van der Waals surface area contributed by atoms with E-state index in [1.54, 1.807) is 0 Å². The maximum atomic E-state index is 10.2. The Bertz CT molecular complexity index is 358. The van der Waals surface area contributed by atoms with E-state index in [2.05, 4.69) is 33.3 Å². The number of hydrogen-bond donors (Lipinski definition) is 1. The lowest BCUT2D eigenvalue weighted by molar-refractivity contribution is 0.237. The average Bonchev–Trinajstić information content (AvgIpc) is 2.66. The number of nitrogens with zero attached hydrogens (tertiary/aromatic N) is 1. The Kier molecular flexibility index (Phi) is 4.06. The lowest BCUT2D eigenvalue weighted by Gasteiger charge is -2.13. The van der Waals surface area contributed by atoms with Crippen LogP contribution in [0.1, 0.15) is 17.5 Å². The van der Waals surface area contributed by atoms with Crippen molar-refractivity contribution in [1.29, 1.82) is 0 Å². The molecule has 0 bridgehead atoms. The summed E-state index contributed by atoms with van der Waals surface area (Å²) in [4.78, 5) is 2.31. The fraction of sp³-hybridized carbons (Fsp3) is 0.455. The van der Waals surface area contributed by atoms with Crippen molar-refractivity contribution in [3.63, 3.8) is 0 Å². The van der Waals surface area contributed by atoms with E-state index < -0.39 is 11.4 Å². The number of fused-ring (bicyclic) bond motifs is 1. The van der Waals surface area contributed by atoms with Crippen molar-refractivity contribution in [2.45, 2.75) is 19.5 Å². The molecule has 0 spiro atoms. The molecule has 0 saturated heterocycles. The van der Waals surface area contributed by atoms with Gasteiger partial charge in [-0.15, -0.1) is 0 Å². The molecule has 0 saturated carbocycles. The van der Waals surface area contributed by atoms with E-state index in [4.69, 9.17) is 4.55 Å². The van der Waals surface area contributed by atoms with Gasteiger partial charge in [-0.2, -0.15) is 4.21 Å². The van der Waals surface area contributed by atoms with Gasteiger partial charge in [-0.05, 0) is 17.5 Å². The van der Waals surface area contributed by atoms with E-state index in [1.165, 1.54) is 11.1 Å². The van der Waals surface area contributed by atoms with Gasteiger partial charge in [0, 0.05) is 19.6 Å². The minimum Gasteiger partial charge on any atom is -0.295 e. The highest BCUT2D eigenvalue weighted by Crippen LogP contribution is 2.21. The summed E-state index contributed by atoms with van der Waals surface area (Å²) in [6, 6.07) is 8.41. The molecule has 2 rings (SSSR count). The standard InChI is InChI=1S/C11H15NO3S/c13-16(14)15-7-3-6-12-8-10-4-1-2-5-11(10)9-12/h1-2,4-5H,3,6-9H2,(H,13,14). The summed E-state index contributed by atoms with van der Waals surface area (Å²) in [7, 11) is 0. The quantitative estimate of drug-likeness (QED) is 0.627. The summed E-state index contributed by atoms with van der Waals surface area (Å²) in [5.41, 5.74) is 2.77. The molecule has 16 heavy (non-hydrogen) atoms. The maximum absolute atomic E-state index is 10.2. The highest BCUT2D eigenvalue weighted by Gasteiger charge is 2.17. The molecule has 1 unspecified atom stereocenters. The Balaban J connectivity index is 1.73. The summed E-state index contributed by atoms with van der Waals surface area (Å²) >= 11 is -2.13. The summed E-state index contributed by atoms with van der Waals surface area (Å²) in [5.74, 6) is 0. The third-order valence-electron chi connectivity index (χ3n) is 2.71. The van der Waals surface area contributed by atoms with Crippen molar-refractivity contribution < 1.29 is 12.9 Å². The first-order valence-electron chi connectivity index (χ1n) is 5.29. The van der Waals surface area contributed by atoms with E-state index in [0.29, 0.717) is 6.61 Å². The fourth-order valence-electron chi connectivity index (χ4n) is 1.98. The molecule has 1 aliphatic rings. The van der Waals surface area contributed by atoms with Gasteiger partial charge in [-0.25, -0.2) is 0 Å². The number of hydrogen-bond acceptors (Lipinski definition) is 3. The van der Waals surface area contributed by atoms with Crippen molar-refractivity contribution in [2.24, 2.45) is 0 Å². The van der Waals surface area contributed by atoms with Crippen LogP contribution in [0.2, 0.25) is 0 Å². The zero-order valence-electron chi connectivity index (χ0n) is 8.96. The highest BCUT2D eigenvalue weighted by molar-refractivity contribution is 7.74. The summed E-state index contributed by atoms with van der Waals surface area (Å²) < 4.78 is 23.3. The SMILES string of the molecule is O=S(O)OCCCN1Cc2ccccc2C1. The van der Waals surface area contributed by atoms with Gasteiger partial charge < -0.3 is 0 Å². The van der Waals surface area contributed by atoms with E-state index in [0.717, 1.165) is 26.1 Å². The molecule has 0 fully saturated rings. The predicted octanol–water partition coefficient (Wildman–Crippen LogP) is 1.55. The van der Waals surface area contributed by atoms with Gasteiger partial charge in [-0.3, -0.25) is 13.6 Å². The Hall–Kier alpha value is -0.750. The molecule has 5 heteroatoms. The third-order valence-corrected chi connectivity index (χ3v) is 3.08. The van der Waals surface area contributed by atoms with Crippen LogP contribution in [0.25, 0.3) is 0 Å². The summed E-state index contributed by atoms with van der Waals surface area (Å²) in [5, 5.41) is 0. The van der Waals surface area contributed by atoms with E-state index >= 15 is 0 Å². The summed E-state index contributed by atoms with van der Waals surface area (Å²) in [6.07, 6.45) is 0.778. The van der Waals surface area contributed by atoms with Crippen LogP contribution in [0.5, 0.6) is 0 Å². The first-order valence-corrected chi connectivity index (χ1v) is 6.32. The van der Waals surface area contributed by atoms with Gasteiger partial charge in [0.15, 0.2) is 0 Å². The molecule has 1 heterocycles. The van der Waals surface area contributed by atoms with Crippen LogP contribution in [0.3, 0.4) is 0 Å². The minimum atomic E-state index is -2.13. The smallest absolute Gasteiger partial charge is 0.295 e. The molecular formula is C11H15NO3S. The highest BCUT2D eigenvalue weighted by atomic mass is 32.2. The van der Waals surface area contributed by atoms with Crippen LogP contribution < -0.4 is 0 Å². The van der Waals surface area contributed by atoms with Crippen LogP contribution >= 0.6 is 0 Å². The normalized spacial score (nSPS) is 17.3. The third kappa shape index (κ3) is 3.12. The Morgan fingerprint density at radius 3 is 2.50 bits per heavy atom. The van der Waals surface area contributed by atoms with Crippen LogP contribution in [0, 0.1) is 0 Å². The zero-order valence-corrected chi connectivity index (χ0v) is 9.78. The van der Waals surface area contributed by atoms with Gasteiger partial charge in [0.2, 0.25) is 0 Å². The van der Waals surface area contributed by atoms with Gasteiger partial charge in [0.05, 0.1) is 6.61 Å². The topological polar surface area (TPSA) is 49.8 Å². The molecule has 1 aliphatic heterocycles. The van der Waals surface area contributed by atoms with Gasteiger partial charge in [0.25, 0.3) is 0 Å². The summed E-state index contributed by atoms with van der Waals surface area (Å²) in [6.45, 7) is 3.17. The molecule has 1 aromatic carbocycles. The van der Waals surface area contributed by atoms with E-state index in [-0.39, 0.29) is 0 Å². The van der Waals surface area contributed by atoms with Crippen LogP contribution in [0.15, 0.2) is 24.3 Å². The molecule has 1 aromatic rings. The minimum absolute atomic E-state index is 0.329. The van der Waals surface area contributed by atoms with Crippen LogP contribution in [0.4, 0.5) is 0 Å². The molecule has 0 amide bonds. The van der Waals surface area contributed by atoms with Gasteiger partial charge in [0.1, 0.15) is 0 Å². The average molecular weight is 241 g/mol. The second kappa shape index (κ2) is 5.54. The molecule has 4 nitrogen and oxygen atoms in total. The van der Waals surface area contributed by atoms with Crippen molar-refractivity contribution in [3.8, 4) is 0 Å². The monoisotopic (exact) mass is 241 g/mol. The van der Waals surface area contributed by atoms with Crippen LogP contribution in [-0.2, 0) is 28.6 Å². The second-order valence-corrected chi connectivity index (χ2v) is 4.54. The lowest BCUT2D eigenvalue weighted by atomic mass is 10.1. The van der Waals surface area contributed by atoms with Crippen molar-refractivity contribution in [2.75, 3.05) is 13.2 Å². The number of rotatable bonds is 5. The first-order chi connectivity index (χ1) is 7.75. The molecule has 0 aromatic heterocycles. The predicted molar refractivity (Wildman–Crippen MR) is 61.9 cm³/mol. The lowest BCUT2D eigenvalue weighted by Crippen LogP contribution is -2.19. The van der Waals surface area contributed by atoms with E-state index in [9.17, 15) is 4.21 Å². The van der Waals surface area contributed by atoms with Crippen molar-refractivity contribution in [3.05, 3.63) is 35.4 Å². The first kappa shape index (κ1) is 11.7. The molecular weight excluding hydrogens is 226 g/mol. The fourth-order valence-corrected chi connectivity index (χ4v) is 2.24. The van der Waals surface area contributed by atoms with Gasteiger partial charge >= 0.3 is 11.4 Å². The Labute approximate surface area is 97.7 Å². The molecule has 1 atom stereocenters. The second-order valence-electron chi connectivity index (χ2n) is 3.87.